The van der Waals surface area contributed by atoms with Gasteiger partial charge in [-0.15, -0.1) is 0 Å². The lowest BCUT2D eigenvalue weighted by Gasteiger charge is -2.25. The normalized spacial score (nSPS) is 26.3. The number of ether oxygens (including phenoxy) is 2. The standard InChI is InChI=1S/C11H13N5O3/c1-18-11(4-17)3-2-7(19-11)16-6-15-8-9(12)13-5-14-10(8)16/h2-3,5-7,17H,4H2,1H3,(H2,12,13,14)/t7-,11+/m1/s1. The first-order valence-electron chi connectivity index (χ1n) is 5.65. The van der Waals surface area contributed by atoms with Crippen LogP contribution >= 0.6 is 0 Å². The average molecular weight is 263 g/mol. The van der Waals surface area contributed by atoms with E-state index in [1.807, 2.05) is 0 Å². The van der Waals surface area contributed by atoms with E-state index in [1.54, 1.807) is 23.0 Å². The molecule has 8 nitrogen and oxygen atoms in total. The Morgan fingerprint density at radius 2 is 2.37 bits per heavy atom. The minimum absolute atomic E-state index is 0.278. The predicted molar refractivity (Wildman–Crippen MR) is 65.8 cm³/mol. The maximum atomic E-state index is 9.32. The largest absolute Gasteiger partial charge is 0.390 e. The zero-order valence-electron chi connectivity index (χ0n) is 10.2. The lowest BCUT2D eigenvalue weighted by atomic mass is 10.3. The Kier molecular flexibility index (Phi) is 2.70. The number of aliphatic hydroxyl groups is 1. The number of hydrogen-bond acceptors (Lipinski definition) is 7. The molecule has 2 aromatic rings. The second-order valence-corrected chi connectivity index (χ2v) is 4.12. The van der Waals surface area contributed by atoms with E-state index in [-0.39, 0.29) is 6.61 Å². The van der Waals surface area contributed by atoms with Crippen LogP contribution in [0.25, 0.3) is 11.2 Å². The molecule has 2 aromatic heterocycles. The molecule has 1 aliphatic rings. The Hall–Kier alpha value is -2.03. The van der Waals surface area contributed by atoms with Crippen molar-refractivity contribution in [1.29, 1.82) is 0 Å². The molecule has 0 aromatic carbocycles. The maximum Gasteiger partial charge on any atom is 0.213 e. The van der Waals surface area contributed by atoms with E-state index in [4.69, 9.17) is 15.2 Å². The number of nitrogen functional groups attached to an aromatic ring is 1. The van der Waals surface area contributed by atoms with Gasteiger partial charge in [0.05, 0.1) is 6.33 Å². The van der Waals surface area contributed by atoms with Crippen LogP contribution in [0.1, 0.15) is 6.23 Å². The van der Waals surface area contributed by atoms with Crippen molar-refractivity contribution in [2.75, 3.05) is 19.5 Å². The van der Waals surface area contributed by atoms with Crippen molar-refractivity contribution < 1.29 is 14.6 Å². The van der Waals surface area contributed by atoms with Crippen LogP contribution in [0.3, 0.4) is 0 Å². The predicted octanol–water partition coefficient (Wildman–Crippen LogP) is -0.172. The van der Waals surface area contributed by atoms with Crippen LogP contribution in [0.2, 0.25) is 0 Å². The smallest absolute Gasteiger partial charge is 0.213 e. The van der Waals surface area contributed by atoms with Crippen molar-refractivity contribution in [2.24, 2.45) is 0 Å². The van der Waals surface area contributed by atoms with Crippen molar-refractivity contribution in [3.05, 3.63) is 24.8 Å². The minimum Gasteiger partial charge on any atom is -0.390 e. The molecule has 3 heterocycles. The lowest BCUT2D eigenvalue weighted by molar-refractivity contribution is -0.224. The van der Waals surface area contributed by atoms with Crippen molar-refractivity contribution >= 4 is 17.0 Å². The van der Waals surface area contributed by atoms with Gasteiger partial charge in [0.1, 0.15) is 18.5 Å². The third-order valence-corrected chi connectivity index (χ3v) is 3.06. The number of aliphatic hydroxyl groups excluding tert-OH is 1. The Bertz CT molecular complexity index is 634. The lowest BCUT2D eigenvalue weighted by Crippen LogP contribution is -2.35. The molecule has 8 heteroatoms. The van der Waals surface area contributed by atoms with E-state index >= 15 is 0 Å². The van der Waals surface area contributed by atoms with Gasteiger partial charge in [0.15, 0.2) is 17.7 Å². The molecule has 1 aliphatic heterocycles. The summed E-state index contributed by atoms with van der Waals surface area (Å²) in [4.78, 5) is 12.2. The van der Waals surface area contributed by atoms with Gasteiger partial charge in [-0.3, -0.25) is 4.57 Å². The van der Waals surface area contributed by atoms with Gasteiger partial charge in [-0.25, -0.2) is 15.0 Å². The van der Waals surface area contributed by atoms with Gasteiger partial charge in [0.25, 0.3) is 0 Å². The summed E-state index contributed by atoms with van der Waals surface area (Å²) < 4.78 is 12.5. The Morgan fingerprint density at radius 3 is 3.05 bits per heavy atom. The molecule has 0 radical (unpaired) electrons. The van der Waals surface area contributed by atoms with E-state index in [2.05, 4.69) is 15.0 Å². The van der Waals surface area contributed by atoms with Crippen LogP contribution < -0.4 is 5.73 Å². The number of anilines is 1. The van der Waals surface area contributed by atoms with E-state index < -0.39 is 12.0 Å². The highest BCUT2D eigenvalue weighted by Crippen LogP contribution is 2.31. The molecule has 0 unspecified atom stereocenters. The number of hydrogen-bond donors (Lipinski definition) is 2. The second kappa shape index (κ2) is 4.26. The third kappa shape index (κ3) is 1.77. The zero-order valence-corrected chi connectivity index (χ0v) is 10.2. The van der Waals surface area contributed by atoms with Gasteiger partial charge in [-0.2, -0.15) is 0 Å². The van der Waals surface area contributed by atoms with Gasteiger partial charge in [0.2, 0.25) is 5.79 Å². The highest BCUT2D eigenvalue weighted by atomic mass is 16.7. The summed E-state index contributed by atoms with van der Waals surface area (Å²) in [5.74, 6) is -0.814. The molecule has 2 atom stereocenters. The van der Waals surface area contributed by atoms with Gasteiger partial charge in [-0.1, -0.05) is 0 Å². The molecule has 100 valence electrons. The SMILES string of the molecule is CO[C@@]1(CO)C=C[C@H](n2cnc3c(N)ncnc32)O1. The molecule has 19 heavy (non-hydrogen) atoms. The molecule has 0 aliphatic carbocycles. The van der Waals surface area contributed by atoms with E-state index in [0.29, 0.717) is 17.0 Å². The van der Waals surface area contributed by atoms with Crippen LogP contribution in [0, 0.1) is 0 Å². The number of aromatic nitrogens is 4. The van der Waals surface area contributed by atoms with Crippen LogP contribution in [0.4, 0.5) is 5.82 Å². The fraction of sp³-hybridized carbons (Fsp3) is 0.364. The topological polar surface area (TPSA) is 108 Å². The third-order valence-electron chi connectivity index (χ3n) is 3.06. The van der Waals surface area contributed by atoms with E-state index in [0.717, 1.165) is 0 Å². The maximum absolute atomic E-state index is 9.32. The fourth-order valence-corrected chi connectivity index (χ4v) is 1.99. The van der Waals surface area contributed by atoms with Crippen molar-refractivity contribution in [3.63, 3.8) is 0 Å². The van der Waals surface area contributed by atoms with Gasteiger partial charge < -0.3 is 20.3 Å². The Balaban J connectivity index is 1.99. The fourth-order valence-electron chi connectivity index (χ4n) is 1.99. The highest BCUT2D eigenvalue weighted by Gasteiger charge is 2.36. The van der Waals surface area contributed by atoms with E-state index in [1.165, 1.54) is 13.4 Å². The summed E-state index contributed by atoms with van der Waals surface area (Å²) in [6.07, 6.45) is 5.89. The number of nitrogens with two attached hydrogens (primary N) is 1. The summed E-state index contributed by atoms with van der Waals surface area (Å²) in [7, 11) is 1.47. The molecule has 0 saturated carbocycles. The van der Waals surface area contributed by atoms with Crippen molar-refractivity contribution in [2.45, 2.75) is 12.0 Å². The van der Waals surface area contributed by atoms with Crippen LogP contribution in [0.5, 0.6) is 0 Å². The van der Waals surface area contributed by atoms with Gasteiger partial charge in [-0.05, 0) is 12.2 Å². The molecular weight excluding hydrogens is 250 g/mol. The zero-order chi connectivity index (χ0) is 13.5. The van der Waals surface area contributed by atoms with Crippen molar-refractivity contribution in [3.8, 4) is 0 Å². The molecule has 3 rings (SSSR count). The first-order chi connectivity index (χ1) is 9.19. The monoisotopic (exact) mass is 263 g/mol. The molecule has 0 saturated heterocycles. The number of rotatable bonds is 3. The molecular formula is C11H13N5O3. The summed E-state index contributed by atoms with van der Waals surface area (Å²) in [5.41, 5.74) is 6.80. The Labute approximate surface area is 108 Å². The molecule has 0 spiro atoms. The number of fused-ring (bicyclic) bond motifs is 1. The quantitative estimate of drug-likeness (QED) is 0.740. The van der Waals surface area contributed by atoms with E-state index in [9.17, 15) is 5.11 Å². The summed E-state index contributed by atoms with van der Waals surface area (Å²) in [6, 6.07) is 0. The van der Waals surface area contributed by atoms with Gasteiger partial charge in [0, 0.05) is 7.11 Å². The molecule has 0 amide bonds. The number of nitrogens with zero attached hydrogens (tertiary/aromatic N) is 4. The van der Waals surface area contributed by atoms with Crippen LogP contribution in [-0.2, 0) is 9.47 Å². The average Bonchev–Trinajstić information content (AvgIpc) is 3.03. The molecule has 0 fully saturated rings. The molecule has 0 bridgehead atoms. The second-order valence-electron chi connectivity index (χ2n) is 4.12. The molecule has 3 N–H and O–H groups in total. The van der Waals surface area contributed by atoms with Crippen LogP contribution in [-0.4, -0.2) is 44.1 Å². The first kappa shape index (κ1) is 12.0. The number of methoxy groups -OCH3 is 1. The summed E-state index contributed by atoms with van der Waals surface area (Å²) >= 11 is 0. The van der Waals surface area contributed by atoms with Gasteiger partial charge >= 0.3 is 0 Å². The minimum atomic E-state index is -1.13. The summed E-state index contributed by atoms with van der Waals surface area (Å²) in [5, 5.41) is 9.32. The summed E-state index contributed by atoms with van der Waals surface area (Å²) in [6.45, 7) is -0.278. The Morgan fingerprint density at radius 1 is 1.53 bits per heavy atom. The number of imidazole rings is 1. The van der Waals surface area contributed by atoms with Crippen LogP contribution in [0.15, 0.2) is 24.8 Å². The van der Waals surface area contributed by atoms with Crippen molar-refractivity contribution in [1.82, 2.24) is 19.5 Å². The first-order valence-corrected chi connectivity index (χ1v) is 5.65. The highest BCUT2D eigenvalue weighted by molar-refractivity contribution is 5.81.